The van der Waals surface area contributed by atoms with E-state index >= 15 is 0 Å². The molecular formula is C16H28N2O3. The van der Waals surface area contributed by atoms with Gasteiger partial charge in [0, 0.05) is 13.0 Å². The maximum absolute atomic E-state index is 12.5. The number of nitrogens with one attached hydrogen (secondary N) is 1. The Bertz CT molecular complexity index is 395. The van der Waals surface area contributed by atoms with Gasteiger partial charge in [-0.15, -0.1) is 0 Å². The molecule has 0 aromatic carbocycles. The third-order valence-electron chi connectivity index (χ3n) is 4.31. The summed E-state index contributed by atoms with van der Waals surface area (Å²) in [5.74, 6) is -0.0258. The number of carbonyl (C=O) groups is 3. The molecule has 1 saturated heterocycles. The van der Waals surface area contributed by atoms with Crippen molar-refractivity contribution in [2.24, 2.45) is 5.92 Å². The van der Waals surface area contributed by atoms with Crippen molar-refractivity contribution >= 4 is 17.6 Å². The lowest BCUT2D eigenvalue weighted by Crippen LogP contribution is -2.51. The summed E-state index contributed by atoms with van der Waals surface area (Å²) in [5, 5.41) is 2.75. The quantitative estimate of drug-likeness (QED) is 0.780. The molecule has 0 aromatic rings. The Balaban J connectivity index is 2.82. The molecule has 0 aromatic heterocycles. The van der Waals surface area contributed by atoms with Crippen molar-refractivity contribution in [3.8, 4) is 0 Å². The largest absolute Gasteiger partial charge is 0.345 e. The summed E-state index contributed by atoms with van der Waals surface area (Å²) in [6.07, 6.45) is 4.38. The molecule has 0 spiro atoms. The van der Waals surface area contributed by atoms with Crippen LogP contribution in [0.25, 0.3) is 0 Å². The molecular weight excluding hydrogens is 268 g/mol. The summed E-state index contributed by atoms with van der Waals surface area (Å²) in [7, 11) is 0. The number of unbranched alkanes of at least 4 members (excludes halogenated alkanes) is 1. The van der Waals surface area contributed by atoms with Gasteiger partial charge in [0.05, 0.1) is 6.04 Å². The van der Waals surface area contributed by atoms with Crippen molar-refractivity contribution < 1.29 is 14.4 Å². The van der Waals surface area contributed by atoms with E-state index < -0.39 is 12.1 Å². The van der Waals surface area contributed by atoms with E-state index in [0.29, 0.717) is 13.0 Å². The molecule has 1 N–H and O–H groups in total. The van der Waals surface area contributed by atoms with E-state index in [4.69, 9.17) is 0 Å². The average Bonchev–Trinajstić information content (AvgIpc) is 2.87. The third-order valence-corrected chi connectivity index (χ3v) is 4.31. The van der Waals surface area contributed by atoms with Gasteiger partial charge in [-0.2, -0.15) is 0 Å². The van der Waals surface area contributed by atoms with Crippen molar-refractivity contribution in [2.45, 2.75) is 71.9 Å². The molecule has 0 radical (unpaired) electrons. The second kappa shape index (κ2) is 8.15. The molecule has 2 unspecified atom stereocenters. The number of amides is 2. The van der Waals surface area contributed by atoms with Crippen LogP contribution < -0.4 is 5.32 Å². The van der Waals surface area contributed by atoms with Crippen LogP contribution in [0.3, 0.4) is 0 Å². The molecule has 1 rings (SSSR count). The lowest BCUT2D eigenvalue weighted by atomic mass is 9.93. The first-order valence-corrected chi connectivity index (χ1v) is 8.02. The molecule has 1 heterocycles. The third kappa shape index (κ3) is 4.55. The van der Waals surface area contributed by atoms with Crippen molar-refractivity contribution in [1.29, 1.82) is 0 Å². The zero-order valence-electron chi connectivity index (χ0n) is 13.6. The van der Waals surface area contributed by atoms with Gasteiger partial charge < -0.3 is 10.2 Å². The zero-order chi connectivity index (χ0) is 16.0. The standard InChI is InChI=1S/C16H28N2O3/c1-5-7-8-13-9-10-18(14(20)6-2)15(13)16(21)17-11(3)12(4)19/h11,13,15H,5-10H2,1-4H3,(H,17,21)/t11?,13-,15?/m0/s1. The monoisotopic (exact) mass is 296 g/mol. The number of carbonyl (C=O) groups excluding carboxylic acids is 3. The second-order valence-corrected chi connectivity index (χ2v) is 5.92. The van der Waals surface area contributed by atoms with Crippen LogP contribution in [-0.4, -0.2) is 41.1 Å². The molecule has 120 valence electrons. The number of nitrogens with zero attached hydrogens (tertiary/aromatic N) is 1. The van der Waals surface area contributed by atoms with Crippen LogP contribution in [0.1, 0.15) is 59.8 Å². The van der Waals surface area contributed by atoms with E-state index in [-0.39, 0.29) is 23.5 Å². The van der Waals surface area contributed by atoms with Crippen molar-refractivity contribution in [3.05, 3.63) is 0 Å². The van der Waals surface area contributed by atoms with E-state index in [1.807, 2.05) is 6.92 Å². The van der Waals surface area contributed by atoms with Crippen LogP contribution in [0.2, 0.25) is 0 Å². The normalized spacial score (nSPS) is 23.0. The van der Waals surface area contributed by atoms with Crippen LogP contribution in [0, 0.1) is 5.92 Å². The maximum atomic E-state index is 12.5. The predicted octanol–water partition coefficient (Wildman–Crippen LogP) is 1.90. The van der Waals surface area contributed by atoms with E-state index in [1.54, 1.807) is 11.8 Å². The fraction of sp³-hybridized carbons (Fsp3) is 0.812. The minimum absolute atomic E-state index is 0.0182. The minimum Gasteiger partial charge on any atom is -0.345 e. The highest BCUT2D eigenvalue weighted by Gasteiger charge is 2.41. The molecule has 0 saturated carbocycles. The Hall–Kier alpha value is -1.39. The summed E-state index contributed by atoms with van der Waals surface area (Å²) in [5.41, 5.74) is 0. The van der Waals surface area contributed by atoms with E-state index in [1.165, 1.54) is 6.92 Å². The molecule has 5 heteroatoms. The highest BCUT2D eigenvalue weighted by Crippen LogP contribution is 2.29. The first-order valence-electron chi connectivity index (χ1n) is 8.02. The zero-order valence-corrected chi connectivity index (χ0v) is 13.6. The topological polar surface area (TPSA) is 66.5 Å². The Morgan fingerprint density at radius 2 is 1.95 bits per heavy atom. The van der Waals surface area contributed by atoms with Crippen LogP contribution in [-0.2, 0) is 14.4 Å². The molecule has 0 aliphatic carbocycles. The van der Waals surface area contributed by atoms with Gasteiger partial charge in [-0.05, 0) is 32.6 Å². The Kier molecular flexibility index (Phi) is 6.85. The Morgan fingerprint density at radius 3 is 2.48 bits per heavy atom. The summed E-state index contributed by atoms with van der Waals surface area (Å²) in [6.45, 7) is 7.73. The first kappa shape index (κ1) is 17.7. The fourth-order valence-corrected chi connectivity index (χ4v) is 2.86. The van der Waals surface area contributed by atoms with E-state index in [9.17, 15) is 14.4 Å². The number of rotatable bonds is 7. The summed E-state index contributed by atoms with van der Waals surface area (Å²) in [6, 6.07) is -0.908. The highest BCUT2D eigenvalue weighted by atomic mass is 16.2. The lowest BCUT2D eigenvalue weighted by Gasteiger charge is -2.28. The van der Waals surface area contributed by atoms with Crippen LogP contribution >= 0.6 is 0 Å². The number of hydrogen-bond donors (Lipinski definition) is 1. The molecule has 1 aliphatic rings. The predicted molar refractivity (Wildman–Crippen MR) is 81.7 cm³/mol. The first-order chi connectivity index (χ1) is 9.92. The summed E-state index contributed by atoms with van der Waals surface area (Å²) >= 11 is 0. The van der Waals surface area contributed by atoms with Crippen LogP contribution in [0.5, 0.6) is 0 Å². The average molecular weight is 296 g/mol. The van der Waals surface area contributed by atoms with Crippen LogP contribution in [0.15, 0.2) is 0 Å². The molecule has 0 bridgehead atoms. The van der Waals surface area contributed by atoms with Crippen molar-refractivity contribution in [1.82, 2.24) is 10.2 Å². The fourth-order valence-electron chi connectivity index (χ4n) is 2.86. The van der Waals surface area contributed by atoms with Gasteiger partial charge in [0.2, 0.25) is 11.8 Å². The van der Waals surface area contributed by atoms with Crippen LogP contribution in [0.4, 0.5) is 0 Å². The van der Waals surface area contributed by atoms with Gasteiger partial charge >= 0.3 is 0 Å². The lowest BCUT2D eigenvalue weighted by molar-refractivity contribution is -0.140. The highest BCUT2D eigenvalue weighted by molar-refractivity contribution is 5.92. The number of Topliss-reactive ketones (excluding diaryl/α,β-unsaturated/α-hetero) is 1. The SMILES string of the molecule is CCCC[C@H]1CCN(C(=O)CC)C1C(=O)NC(C)C(C)=O. The van der Waals surface area contributed by atoms with Gasteiger partial charge in [0.1, 0.15) is 6.04 Å². The van der Waals surface area contributed by atoms with Gasteiger partial charge in [0.25, 0.3) is 0 Å². The van der Waals surface area contributed by atoms with E-state index in [0.717, 1.165) is 25.7 Å². The summed E-state index contributed by atoms with van der Waals surface area (Å²) in [4.78, 5) is 37.6. The van der Waals surface area contributed by atoms with Crippen molar-refractivity contribution in [3.63, 3.8) is 0 Å². The Morgan fingerprint density at radius 1 is 1.29 bits per heavy atom. The van der Waals surface area contributed by atoms with Gasteiger partial charge in [-0.25, -0.2) is 0 Å². The van der Waals surface area contributed by atoms with Gasteiger partial charge in [-0.3, -0.25) is 14.4 Å². The molecule has 1 fully saturated rings. The Labute approximate surface area is 127 Å². The minimum atomic E-state index is -0.497. The molecule has 2 amide bonds. The number of hydrogen-bond acceptors (Lipinski definition) is 3. The molecule has 1 aliphatic heterocycles. The van der Waals surface area contributed by atoms with E-state index in [2.05, 4.69) is 12.2 Å². The molecule has 21 heavy (non-hydrogen) atoms. The summed E-state index contributed by atoms with van der Waals surface area (Å²) < 4.78 is 0. The van der Waals surface area contributed by atoms with Gasteiger partial charge in [0.15, 0.2) is 5.78 Å². The maximum Gasteiger partial charge on any atom is 0.243 e. The molecule has 5 nitrogen and oxygen atoms in total. The van der Waals surface area contributed by atoms with Crippen molar-refractivity contribution in [2.75, 3.05) is 6.54 Å². The molecule has 3 atom stereocenters. The smallest absolute Gasteiger partial charge is 0.243 e. The second-order valence-electron chi connectivity index (χ2n) is 5.92. The number of ketones is 1. The number of likely N-dealkylation sites (tertiary alicyclic amines) is 1. The van der Waals surface area contributed by atoms with Gasteiger partial charge in [-0.1, -0.05) is 26.7 Å².